The first-order chi connectivity index (χ1) is 12.7. The Hall–Kier alpha value is -2.83. The van der Waals surface area contributed by atoms with E-state index < -0.39 is 6.10 Å². The average molecular weight is 371 g/mol. The maximum Gasteiger partial charge on any atom is 0.229 e. The lowest BCUT2D eigenvalue weighted by Gasteiger charge is -2.14. The molecule has 2 aromatic carbocycles. The third-order valence-electron chi connectivity index (χ3n) is 3.73. The number of nitrogens with zero attached hydrogens (tertiary/aromatic N) is 2. The van der Waals surface area contributed by atoms with Crippen LogP contribution >= 0.6 is 11.6 Å². The lowest BCUT2D eigenvalue weighted by atomic mass is 10.1. The number of anilines is 3. The maximum absolute atomic E-state index is 10.3. The van der Waals surface area contributed by atoms with Crippen molar-refractivity contribution in [1.82, 2.24) is 9.97 Å². The summed E-state index contributed by atoms with van der Waals surface area (Å²) in [6.45, 7) is 0.301. The molecule has 134 valence electrons. The first-order valence-corrected chi connectivity index (χ1v) is 8.44. The Kier molecular flexibility index (Phi) is 5.88. The largest absolute Gasteiger partial charge is 0.497 e. The minimum Gasteiger partial charge on any atom is -0.497 e. The average Bonchev–Trinajstić information content (AvgIpc) is 2.68. The summed E-state index contributed by atoms with van der Waals surface area (Å²) in [5.74, 6) is 1.71. The van der Waals surface area contributed by atoms with Crippen LogP contribution in [0.15, 0.2) is 60.8 Å². The number of hydrogen-bond acceptors (Lipinski definition) is 6. The summed E-state index contributed by atoms with van der Waals surface area (Å²) in [4.78, 5) is 8.56. The van der Waals surface area contributed by atoms with Crippen molar-refractivity contribution in [1.29, 1.82) is 0 Å². The fourth-order valence-electron chi connectivity index (χ4n) is 2.37. The summed E-state index contributed by atoms with van der Waals surface area (Å²) >= 11 is 6.13. The van der Waals surface area contributed by atoms with Gasteiger partial charge in [-0.2, -0.15) is 4.98 Å². The second-order valence-electron chi connectivity index (χ2n) is 5.54. The highest BCUT2D eigenvalue weighted by molar-refractivity contribution is 6.33. The highest BCUT2D eigenvalue weighted by Crippen LogP contribution is 2.24. The van der Waals surface area contributed by atoms with Crippen molar-refractivity contribution >= 4 is 29.1 Å². The second kappa shape index (κ2) is 8.51. The topological polar surface area (TPSA) is 79.3 Å². The van der Waals surface area contributed by atoms with Gasteiger partial charge in [0.2, 0.25) is 5.95 Å². The fourth-order valence-corrected chi connectivity index (χ4v) is 2.55. The van der Waals surface area contributed by atoms with Crippen LogP contribution in [0.4, 0.5) is 17.5 Å². The van der Waals surface area contributed by atoms with Crippen molar-refractivity contribution in [2.45, 2.75) is 6.10 Å². The van der Waals surface area contributed by atoms with Crippen LogP contribution in [0.5, 0.6) is 5.75 Å². The second-order valence-corrected chi connectivity index (χ2v) is 5.95. The van der Waals surface area contributed by atoms with Crippen LogP contribution in [-0.4, -0.2) is 28.7 Å². The summed E-state index contributed by atoms with van der Waals surface area (Å²) in [6, 6.07) is 16.4. The molecule has 1 aromatic heterocycles. The molecule has 3 N–H and O–H groups in total. The van der Waals surface area contributed by atoms with Gasteiger partial charge >= 0.3 is 0 Å². The fraction of sp³-hybridized carbons (Fsp3) is 0.158. The van der Waals surface area contributed by atoms with E-state index in [-0.39, 0.29) is 0 Å². The third kappa shape index (κ3) is 4.62. The van der Waals surface area contributed by atoms with Crippen LogP contribution in [0.1, 0.15) is 11.7 Å². The SMILES string of the molecule is COc1cccc(C(O)CNc2ccnc(Nc3ccccc3Cl)n2)c1. The quantitative estimate of drug-likeness (QED) is 0.582. The number of hydrogen-bond donors (Lipinski definition) is 3. The minimum atomic E-state index is -0.694. The summed E-state index contributed by atoms with van der Waals surface area (Å²) < 4.78 is 5.18. The van der Waals surface area contributed by atoms with Gasteiger partial charge < -0.3 is 20.5 Å². The summed E-state index contributed by atoms with van der Waals surface area (Å²) in [5, 5.41) is 17.1. The van der Waals surface area contributed by atoms with Gasteiger partial charge in [-0.25, -0.2) is 4.98 Å². The number of nitrogens with one attached hydrogen (secondary N) is 2. The van der Waals surface area contributed by atoms with E-state index in [9.17, 15) is 5.11 Å². The number of benzene rings is 2. The zero-order valence-corrected chi connectivity index (χ0v) is 14.9. The van der Waals surface area contributed by atoms with E-state index in [1.54, 1.807) is 31.5 Å². The van der Waals surface area contributed by atoms with Crippen molar-refractivity contribution < 1.29 is 9.84 Å². The maximum atomic E-state index is 10.3. The molecule has 0 radical (unpaired) electrons. The van der Waals surface area contributed by atoms with Crippen molar-refractivity contribution in [3.05, 3.63) is 71.4 Å². The standard InChI is InChI=1S/C19H19ClN4O2/c1-26-14-6-4-5-13(11-14)17(25)12-22-18-9-10-21-19(24-18)23-16-8-3-2-7-15(16)20/h2-11,17,25H,12H2,1H3,(H2,21,22,23,24). The number of rotatable bonds is 7. The molecule has 1 unspecified atom stereocenters. The number of ether oxygens (including phenoxy) is 1. The normalized spacial score (nSPS) is 11.7. The number of aliphatic hydroxyl groups excluding tert-OH is 1. The van der Waals surface area contributed by atoms with E-state index in [1.165, 1.54) is 0 Å². The molecular formula is C19H19ClN4O2. The minimum absolute atomic E-state index is 0.301. The molecule has 0 amide bonds. The van der Waals surface area contributed by atoms with Crippen LogP contribution in [0.2, 0.25) is 5.02 Å². The van der Waals surface area contributed by atoms with Gasteiger partial charge in [0.1, 0.15) is 11.6 Å². The van der Waals surface area contributed by atoms with Gasteiger partial charge in [-0.05, 0) is 35.9 Å². The van der Waals surface area contributed by atoms with E-state index in [2.05, 4.69) is 20.6 Å². The Morgan fingerprint density at radius 1 is 1.15 bits per heavy atom. The van der Waals surface area contributed by atoms with Crippen molar-refractivity contribution in [3.8, 4) is 5.75 Å². The van der Waals surface area contributed by atoms with Gasteiger partial charge in [0, 0.05) is 12.7 Å². The van der Waals surface area contributed by atoms with Gasteiger partial charge in [-0.3, -0.25) is 0 Å². The number of aromatic nitrogens is 2. The molecule has 6 nitrogen and oxygen atoms in total. The first kappa shape index (κ1) is 18.0. The molecule has 0 spiro atoms. The van der Waals surface area contributed by atoms with E-state index in [0.717, 1.165) is 11.3 Å². The predicted molar refractivity (Wildman–Crippen MR) is 103 cm³/mol. The highest BCUT2D eigenvalue weighted by Gasteiger charge is 2.09. The molecule has 0 bridgehead atoms. The highest BCUT2D eigenvalue weighted by atomic mass is 35.5. The van der Waals surface area contributed by atoms with Gasteiger partial charge in [-0.1, -0.05) is 35.9 Å². The first-order valence-electron chi connectivity index (χ1n) is 8.06. The molecule has 26 heavy (non-hydrogen) atoms. The van der Waals surface area contributed by atoms with Crippen LogP contribution in [-0.2, 0) is 0 Å². The summed E-state index contributed by atoms with van der Waals surface area (Å²) in [6.07, 6.45) is 0.937. The molecule has 3 aromatic rings. The molecule has 1 heterocycles. The van der Waals surface area contributed by atoms with E-state index in [4.69, 9.17) is 16.3 Å². The van der Waals surface area contributed by atoms with E-state index >= 15 is 0 Å². The molecule has 0 saturated carbocycles. The van der Waals surface area contributed by atoms with Gasteiger partial charge in [0.15, 0.2) is 0 Å². The third-order valence-corrected chi connectivity index (χ3v) is 4.06. The van der Waals surface area contributed by atoms with Crippen LogP contribution in [0.25, 0.3) is 0 Å². The zero-order valence-electron chi connectivity index (χ0n) is 14.2. The Bertz CT molecular complexity index is 875. The van der Waals surface area contributed by atoms with E-state index in [1.807, 2.05) is 36.4 Å². The Balaban J connectivity index is 1.64. The van der Waals surface area contributed by atoms with Crippen molar-refractivity contribution in [2.75, 3.05) is 24.3 Å². The van der Waals surface area contributed by atoms with Crippen LogP contribution in [0.3, 0.4) is 0 Å². The molecule has 0 aliphatic carbocycles. The van der Waals surface area contributed by atoms with Crippen molar-refractivity contribution in [3.63, 3.8) is 0 Å². The molecule has 1 atom stereocenters. The lowest BCUT2D eigenvalue weighted by molar-refractivity contribution is 0.191. The number of aliphatic hydroxyl groups is 1. The van der Waals surface area contributed by atoms with Crippen molar-refractivity contribution in [2.24, 2.45) is 0 Å². The van der Waals surface area contributed by atoms with Gasteiger partial charge in [0.25, 0.3) is 0 Å². The molecular weight excluding hydrogens is 352 g/mol. The number of methoxy groups -OCH3 is 1. The molecule has 0 aliphatic rings. The number of halogens is 1. The Labute approximate surface area is 156 Å². The predicted octanol–water partition coefficient (Wildman–Crippen LogP) is 4.03. The van der Waals surface area contributed by atoms with Crippen LogP contribution < -0.4 is 15.4 Å². The molecule has 3 rings (SSSR count). The monoisotopic (exact) mass is 370 g/mol. The molecule has 7 heteroatoms. The van der Waals surface area contributed by atoms with Gasteiger partial charge in [0.05, 0.1) is 23.9 Å². The molecule has 0 saturated heterocycles. The molecule has 0 aliphatic heterocycles. The van der Waals surface area contributed by atoms with Gasteiger partial charge in [-0.15, -0.1) is 0 Å². The Morgan fingerprint density at radius 2 is 2.00 bits per heavy atom. The summed E-state index contributed by atoms with van der Waals surface area (Å²) in [5.41, 5.74) is 1.49. The summed E-state index contributed by atoms with van der Waals surface area (Å²) in [7, 11) is 1.60. The van der Waals surface area contributed by atoms with Crippen LogP contribution in [0, 0.1) is 0 Å². The zero-order chi connectivity index (χ0) is 18.4. The lowest BCUT2D eigenvalue weighted by Crippen LogP contribution is -2.13. The number of para-hydroxylation sites is 1. The molecule has 0 fully saturated rings. The smallest absolute Gasteiger partial charge is 0.229 e. The Morgan fingerprint density at radius 3 is 2.81 bits per heavy atom. The van der Waals surface area contributed by atoms with E-state index in [0.29, 0.717) is 29.1 Å².